The van der Waals surface area contributed by atoms with Crippen molar-refractivity contribution in [3.05, 3.63) is 69.7 Å². The maximum Gasteiger partial charge on any atom is 0.341 e. The molecule has 1 unspecified atom stereocenters. The number of rotatable bonds is 6. The minimum Gasteiger partial charge on any atom is -0.477 e. The average molecular weight is 570 g/mol. The lowest BCUT2D eigenvalue weighted by Crippen LogP contribution is -2.35. The number of hydrogen-bond donors (Lipinski definition) is 3. The topological polar surface area (TPSA) is 116 Å². The molecule has 3 aromatic heterocycles. The molecular formula is C31H32FN7O3. The molecule has 0 spiro atoms. The number of aromatic nitrogens is 3. The van der Waals surface area contributed by atoms with E-state index in [0.717, 1.165) is 65.4 Å². The summed E-state index contributed by atoms with van der Waals surface area (Å²) in [6.07, 6.45) is 6.44. The standard InChI is InChI=1S/C31H32FN7O3/c1-4-36-39-14-23(31(41)42)29(40)21-7-17(11-35-30(21)39)22-12-34-25-10-19-20(8-18(32)9-24(19)33-2)27(25)28(22)38-6-5-16-13-37(3)15-26(16)38/h7-9,11-12,14,16,26,33,36H,4-6,10,13,15H2,1-3H3,(H,41,42)/t16-,26?/m0/s1. The molecule has 4 aromatic rings. The summed E-state index contributed by atoms with van der Waals surface area (Å²) in [5, 5.41) is 13.1. The van der Waals surface area contributed by atoms with Crippen LogP contribution in [0.1, 0.15) is 35.0 Å². The van der Waals surface area contributed by atoms with Crippen molar-refractivity contribution in [2.75, 3.05) is 55.9 Å². The second-order valence-corrected chi connectivity index (χ2v) is 11.4. The molecule has 0 saturated carbocycles. The maximum atomic E-state index is 14.9. The molecule has 5 heterocycles. The van der Waals surface area contributed by atoms with Gasteiger partial charge in [-0.15, -0.1) is 0 Å². The minimum atomic E-state index is -1.30. The van der Waals surface area contributed by atoms with Crippen molar-refractivity contribution < 1.29 is 14.3 Å². The molecule has 2 saturated heterocycles. The summed E-state index contributed by atoms with van der Waals surface area (Å²) in [7, 11) is 3.93. The number of likely N-dealkylation sites (tertiary alicyclic amines) is 1. The number of nitrogens with one attached hydrogen (secondary N) is 2. The number of carboxylic acid groups (broad SMARTS) is 1. The monoisotopic (exact) mass is 569 g/mol. The Morgan fingerprint density at radius 1 is 1.17 bits per heavy atom. The third-order valence-electron chi connectivity index (χ3n) is 8.96. The molecule has 0 bridgehead atoms. The van der Waals surface area contributed by atoms with E-state index in [2.05, 4.69) is 32.6 Å². The molecule has 42 heavy (non-hydrogen) atoms. The van der Waals surface area contributed by atoms with E-state index in [-0.39, 0.29) is 16.8 Å². The number of pyridine rings is 3. The number of halogens is 1. The highest BCUT2D eigenvalue weighted by molar-refractivity contribution is 5.98. The SMILES string of the molecule is CCNn1cc(C(=O)O)c(=O)c2cc(-c3cnc4c(c3N3CC[C@H]5CN(C)CC53)-c3cc(F)cc(NC)c3C4)cnc21. The highest BCUT2D eigenvalue weighted by atomic mass is 19.1. The second kappa shape index (κ2) is 9.80. The first-order valence-electron chi connectivity index (χ1n) is 14.3. The normalized spacial score (nSPS) is 19.2. The van der Waals surface area contributed by atoms with E-state index < -0.39 is 11.4 Å². The molecule has 216 valence electrons. The molecule has 2 aliphatic heterocycles. The summed E-state index contributed by atoms with van der Waals surface area (Å²) in [4.78, 5) is 39.6. The van der Waals surface area contributed by atoms with Gasteiger partial charge in [0.25, 0.3) is 0 Å². The van der Waals surface area contributed by atoms with Gasteiger partial charge in [0, 0.05) is 86.7 Å². The summed E-state index contributed by atoms with van der Waals surface area (Å²) in [6.45, 7) is 5.19. The van der Waals surface area contributed by atoms with E-state index in [1.54, 1.807) is 25.4 Å². The van der Waals surface area contributed by atoms with Gasteiger partial charge in [0.1, 0.15) is 11.4 Å². The van der Waals surface area contributed by atoms with Crippen LogP contribution in [0.15, 0.2) is 41.6 Å². The van der Waals surface area contributed by atoms with Crippen molar-refractivity contribution >= 4 is 28.4 Å². The summed E-state index contributed by atoms with van der Waals surface area (Å²) < 4.78 is 16.4. The van der Waals surface area contributed by atoms with Gasteiger partial charge in [0.15, 0.2) is 5.65 Å². The molecule has 7 rings (SSSR count). The lowest BCUT2D eigenvalue weighted by atomic mass is 9.96. The molecule has 11 heteroatoms. The maximum absolute atomic E-state index is 14.9. The lowest BCUT2D eigenvalue weighted by Gasteiger charge is -2.31. The fourth-order valence-electron chi connectivity index (χ4n) is 7.16. The number of nitrogens with zero attached hydrogens (tertiary/aromatic N) is 5. The van der Waals surface area contributed by atoms with Gasteiger partial charge < -0.3 is 25.6 Å². The van der Waals surface area contributed by atoms with Crippen LogP contribution in [0.2, 0.25) is 0 Å². The third-order valence-corrected chi connectivity index (χ3v) is 8.96. The van der Waals surface area contributed by atoms with Gasteiger partial charge in [-0.1, -0.05) is 0 Å². The number of benzene rings is 1. The molecule has 2 atom stereocenters. The molecule has 1 aromatic carbocycles. The Hall–Kier alpha value is -4.51. The summed E-state index contributed by atoms with van der Waals surface area (Å²) in [5.41, 5.74) is 9.27. The van der Waals surface area contributed by atoms with E-state index in [1.807, 2.05) is 13.1 Å². The molecule has 3 aliphatic rings. The van der Waals surface area contributed by atoms with Gasteiger partial charge in [-0.05, 0) is 55.6 Å². The van der Waals surface area contributed by atoms with Crippen LogP contribution in [-0.4, -0.2) is 76.9 Å². The zero-order chi connectivity index (χ0) is 29.3. The Bertz CT molecular complexity index is 1840. The van der Waals surface area contributed by atoms with Crippen LogP contribution in [0, 0.1) is 11.7 Å². The van der Waals surface area contributed by atoms with Gasteiger partial charge in [-0.25, -0.2) is 18.8 Å². The van der Waals surface area contributed by atoms with E-state index in [1.165, 1.54) is 16.9 Å². The molecule has 3 N–H and O–H groups in total. The molecule has 10 nitrogen and oxygen atoms in total. The highest BCUT2D eigenvalue weighted by Gasteiger charge is 2.43. The predicted molar refractivity (Wildman–Crippen MR) is 161 cm³/mol. The summed E-state index contributed by atoms with van der Waals surface area (Å²) >= 11 is 0. The van der Waals surface area contributed by atoms with Crippen molar-refractivity contribution in [2.24, 2.45) is 5.92 Å². The predicted octanol–water partition coefficient (Wildman–Crippen LogP) is 3.61. The number of aromatic carboxylic acids is 1. The van der Waals surface area contributed by atoms with Gasteiger partial charge >= 0.3 is 5.97 Å². The van der Waals surface area contributed by atoms with E-state index in [9.17, 15) is 19.1 Å². The summed E-state index contributed by atoms with van der Waals surface area (Å²) in [5.74, 6) is -1.10. The Morgan fingerprint density at radius 2 is 2.00 bits per heavy atom. The van der Waals surface area contributed by atoms with Crippen molar-refractivity contribution in [1.82, 2.24) is 19.5 Å². The minimum absolute atomic E-state index is 0.198. The Morgan fingerprint density at radius 3 is 2.76 bits per heavy atom. The molecular weight excluding hydrogens is 537 g/mol. The summed E-state index contributed by atoms with van der Waals surface area (Å²) in [6, 6.07) is 5.12. The molecule has 1 aliphatic carbocycles. The number of carbonyl (C=O) groups is 1. The number of anilines is 2. The van der Waals surface area contributed by atoms with Crippen LogP contribution in [0.25, 0.3) is 33.3 Å². The van der Waals surface area contributed by atoms with Crippen LogP contribution in [0.5, 0.6) is 0 Å². The fourth-order valence-corrected chi connectivity index (χ4v) is 7.16. The van der Waals surface area contributed by atoms with Gasteiger partial charge in [0.05, 0.1) is 16.8 Å². The third kappa shape index (κ3) is 3.94. The van der Waals surface area contributed by atoms with E-state index in [0.29, 0.717) is 36.1 Å². The number of carboxylic acids is 1. The Balaban J connectivity index is 1.49. The van der Waals surface area contributed by atoms with Crippen LogP contribution in [0.4, 0.5) is 15.8 Å². The van der Waals surface area contributed by atoms with Gasteiger partial charge in [-0.2, -0.15) is 0 Å². The van der Waals surface area contributed by atoms with Crippen LogP contribution >= 0.6 is 0 Å². The van der Waals surface area contributed by atoms with E-state index in [4.69, 9.17) is 4.98 Å². The average Bonchev–Trinajstić information content (AvgIpc) is 3.65. The van der Waals surface area contributed by atoms with Crippen molar-refractivity contribution in [2.45, 2.75) is 25.8 Å². The van der Waals surface area contributed by atoms with Crippen molar-refractivity contribution in [1.29, 1.82) is 0 Å². The zero-order valence-electron chi connectivity index (χ0n) is 23.7. The molecule has 2 fully saturated rings. The largest absolute Gasteiger partial charge is 0.477 e. The highest BCUT2D eigenvalue weighted by Crippen LogP contribution is 2.51. The van der Waals surface area contributed by atoms with Crippen molar-refractivity contribution in [3.8, 4) is 22.3 Å². The number of hydrogen-bond acceptors (Lipinski definition) is 8. The van der Waals surface area contributed by atoms with Crippen LogP contribution < -0.4 is 21.1 Å². The Labute approximate surface area is 241 Å². The number of fused-ring (bicyclic) bond motifs is 5. The van der Waals surface area contributed by atoms with Gasteiger partial charge in [0.2, 0.25) is 5.43 Å². The zero-order valence-corrected chi connectivity index (χ0v) is 23.7. The number of likely N-dealkylation sites (N-methyl/N-ethyl adjacent to an activating group) is 1. The van der Waals surface area contributed by atoms with Crippen LogP contribution in [0.3, 0.4) is 0 Å². The van der Waals surface area contributed by atoms with E-state index >= 15 is 0 Å². The lowest BCUT2D eigenvalue weighted by molar-refractivity contribution is 0.0695. The van der Waals surface area contributed by atoms with Crippen molar-refractivity contribution in [3.63, 3.8) is 0 Å². The van der Waals surface area contributed by atoms with Crippen LogP contribution in [-0.2, 0) is 6.42 Å². The Kier molecular flexibility index (Phi) is 6.16. The fraction of sp³-hybridized carbons (Fsp3) is 0.355. The first kappa shape index (κ1) is 26.4. The molecule has 0 amide bonds. The second-order valence-electron chi connectivity index (χ2n) is 11.4. The smallest absolute Gasteiger partial charge is 0.341 e. The quantitative estimate of drug-likeness (QED) is 0.282. The van der Waals surface area contributed by atoms with Gasteiger partial charge in [-0.3, -0.25) is 9.78 Å². The molecule has 0 radical (unpaired) electrons. The first-order chi connectivity index (χ1) is 20.3. The first-order valence-corrected chi connectivity index (χ1v) is 14.3.